The quantitative estimate of drug-likeness (QED) is 0.707. The highest BCUT2D eigenvalue weighted by atomic mass is 79.9. The second-order valence-electron chi connectivity index (χ2n) is 4.58. The van der Waals surface area contributed by atoms with Crippen molar-refractivity contribution in [2.45, 2.75) is 18.9 Å². The molecule has 0 heterocycles. The fourth-order valence-corrected chi connectivity index (χ4v) is 2.95. The average molecular weight is 396 g/mol. The molecule has 0 aliphatic rings. The van der Waals surface area contributed by atoms with Crippen molar-refractivity contribution in [1.82, 2.24) is 0 Å². The van der Waals surface area contributed by atoms with Gasteiger partial charge < -0.3 is 5.11 Å². The molecule has 0 fully saturated rings. The van der Waals surface area contributed by atoms with Crippen LogP contribution in [0.3, 0.4) is 0 Å². The van der Waals surface area contributed by atoms with Crippen LogP contribution in [0.1, 0.15) is 11.1 Å². The Morgan fingerprint density at radius 2 is 1.57 bits per heavy atom. The van der Waals surface area contributed by atoms with Gasteiger partial charge in [0.2, 0.25) is 0 Å². The zero-order valence-electron chi connectivity index (χ0n) is 10.7. The Morgan fingerprint density at radius 1 is 1.00 bits per heavy atom. The Kier molecular flexibility index (Phi) is 5.60. The summed E-state index contributed by atoms with van der Waals surface area (Å²) < 4.78 is 27.7. The molecule has 0 saturated heterocycles. The minimum atomic E-state index is -0.999. The van der Waals surface area contributed by atoms with Gasteiger partial charge in [-0.2, -0.15) is 0 Å². The second-order valence-corrected chi connectivity index (χ2v) is 6.25. The summed E-state index contributed by atoms with van der Waals surface area (Å²) >= 11 is 15.0. The predicted octanol–water partition coefficient (Wildman–Crippen LogP) is 5.18. The average Bonchev–Trinajstić information content (AvgIpc) is 2.43. The molecule has 1 nitrogen and oxygen atoms in total. The molecular weight excluding hydrogens is 385 g/mol. The van der Waals surface area contributed by atoms with Gasteiger partial charge in [-0.15, -0.1) is 0 Å². The highest BCUT2D eigenvalue weighted by molar-refractivity contribution is 9.10. The first-order valence-corrected chi connectivity index (χ1v) is 7.68. The van der Waals surface area contributed by atoms with E-state index in [9.17, 15) is 13.9 Å². The van der Waals surface area contributed by atoms with Crippen LogP contribution in [0, 0.1) is 11.6 Å². The van der Waals surface area contributed by atoms with E-state index >= 15 is 0 Å². The molecule has 0 radical (unpaired) electrons. The van der Waals surface area contributed by atoms with Crippen molar-refractivity contribution in [3.8, 4) is 0 Å². The minimum absolute atomic E-state index is 0.115. The number of halogens is 5. The Morgan fingerprint density at radius 3 is 2.19 bits per heavy atom. The first kappa shape index (κ1) is 16.7. The molecule has 112 valence electrons. The molecule has 2 aromatic carbocycles. The largest absolute Gasteiger partial charge is 0.392 e. The van der Waals surface area contributed by atoms with Gasteiger partial charge in [0.05, 0.1) is 10.6 Å². The highest BCUT2D eigenvalue weighted by Crippen LogP contribution is 2.27. The van der Waals surface area contributed by atoms with Crippen LogP contribution in [0.5, 0.6) is 0 Å². The van der Waals surface area contributed by atoms with Gasteiger partial charge in [0.15, 0.2) is 0 Å². The van der Waals surface area contributed by atoms with Crippen LogP contribution >= 0.6 is 39.1 Å². The maximum Gasteiger partial charge on any atom is 0.143 e. The van der Waals surface area contributed by atoms with Crippen molar-refractivity contribution < 1.29 is 13.9 Å². The van der Waals surface area contributed by atoms with Crippen molar-refractivity contribution in [3.63, 3.8) is 0 Å². The fraction of sp³-hybridized carbons (Fsp3) is 0.200. The maximum absolute atomic E-state index is 13.9. The van der Waals surface area contributed by atoms with Crippen LogP contribution in [-0.2, 0) is 12.8 Å². The third-order valence-corrected chi connectivity index (χ3v) is 4.40. The third-order valence-electron chi connectivity index (χ3n) is 3.08. The monoisotopic (exact) mass is 394 g/mol. The number of hydrogen-bond donors (Lipinski definition) is 1. The van der Waals surface area contributed by atoms with Gasteiger partial charge >= 0.3 is 0 Å². The van der Waals surface area contributed by atoms with E-state index in [1.54, 1.807) is 18.2 Å². The predicted molar refractivity (Wildman–Crippen MR) is 83.9 cm³/mol. The van der Waals surface area contributed by atoms with Gasteiger partial charge in [0.25, 0.3) is 0 Å². The Balaban J connectivity index is 2.20. The van der Waals surface area contributed by atoms with E-state index in [1.807, 2.05) is 0 Å². The van der Waals surface area contributed by atoms with Crippen LogP contribution in [0.4, 0.5) is 8.78 Å². The molecule has 21 heavy (non-hydrogen) atoms. The summed E-state index contributed by atoms with van der Waals surface area (Å²) in [4.78, 5) is 0. The van der Waals surface area contributed by atoms with Gasteiger partial charge in [-0.25, -0.2) is 8.78 Å². The lowest BCUT2D eigenvalue weighted by Crippen LogP contribution is -2.16. The molecule has 6 heteroatoms. The summed E-state index contributed by atoms with van der Waals surface area (Å²) in [5, 5.41) is 10.9. The van der Waals surface area contributed by atoms with E-state index in [-0.39, 0.29) is 22.9 Å². The molecule has 0 amide bonds. The molecule has 2 rings (SSSR count). The molecule has 1 atom stereocenters. The summed E-state index contributed by atoms with van der Waals surface area (Å²) in [7, 11) is 0. The molecule has 0 aliphatic heterocycles. The summed E-state index contributed by atoms with van der Waals surface area (Å²) in [6.07, 6.45) is -1.05. The topological polar surface area (TPSA) is 20.2 Å². The number of benzene rings is 2. The SMILES string of the molecule is OC(Cc1c(Cl)cccc1Cl)Cc1c(F)ccc(Br)c1F. The van der Waals surface area contributed by atoms with Gasteiger partial charge in [0.1, 0.15) is 11.6 Å². The lowest BCUT2D eigenvalue weighted by molar-refractivity contribution is 0.172. The number of aliphatic hydroxyl groups excluding tert-OH is 1. The van der Waals surface area contributed by atoms with Crippen molar-refractivity contribution in [1.29, 1.82) is 0 Å². The number of rotatable bonds is 4. The highest BCUT2D eigenvalue weighted by Gasteiger charge is 2.18. The lowest BCUT2D eigenvalue weighted by atomic mass is 10.0. The Bertz CT molecular complexity index is 644. The first-order valence-electron chi connectivity index (χ1n) is 6.13. The molecule has 0 aliphatic carbocycles. The molecule has 2 aromatic rings. The van der Waals surface area contributed by atoms with Gasteiger partial charge in [-0.05, 0) is 45.8 Å². The van der Waals surface area contributed by atoms with Gasteiger partial charge in [-0.1, -0.05) is 29.3 Å². The van der Waals surface area contributed by atoms with Gasteiger partial charge in [-0.3, -0.25) is 0 Å². The summed E-state index contributed by atoms with van der Waals surface area (Å²) in [6, 6.07) is 7.42. The lowest BCUT2D eigenvalue weighted by Gasteiger charge is -2.14. The van der Waals surface area contributed by atoms with Crippen molar-refractivity contribution >= 4 is 39.1 Å². The zero-order chi connectivity index (χ0) is 15.6. The number of aliphatic hydroxyl groups is 1. The zero-order valence-corrected chi connectivity index (χ0v) is 13.8. The fourth-order valence-electron chi connectivity index (χ4n) is 2.03. The molecule has 1 N–H and O–H groups in total. The van der Waals surface area contributed by atoms with Crippen LogP contribution in [0.2, 0.25) is 10.0 Å². The van der Waals surface area contributed by atoms with Crippen LogP contribution in [-0.4, -0.2) is 11.2 Å². The van der Waals surface area contributed by atoms with E-state index in [0.717, 1.165) is 6.07 Å². The van der Waals surface area contributed by atoms with Crippen molar-refractivity contribution in [3.05, 3.63) is 67.6 Å². The molecule has 0 spiro atoms. The minimum Gasteiger partial charge on any atom is -0.392 e. The molecular formula is C15H11BrCl2F2O. The van der Waals surface area contributed by atoms with Crippen molar-refractivity contribution in [2.24, 2.45) is 0 Å². The van der Waals surface area contributed by atoms with E-state index in [2.05, 4.69) is 15.9 Å². The Hall–Kier alpha value is -0.680. The Labute approximate surface area is 139 Å². The smallest absolute Gasteiger partial charge is 0.143 e. The van der Waals surface area contributed by atoms with Gasteiger partial charge in [0, 0.05) is 28.5 Å². The molecule has 1 unspecified atom stereocenters. The van der Waals surface area contributed by atoms with E-state index in [4.69, 9.17) is 23.2 Å². The van der Waals surface area contributed by atoms with Crippen LogP contribution in [0.15, 0.2) is 34.8 Å². The number of hydrogen-bond acceptors (Lipinski definition) is 1. The second kappa shape index (κ2) is 7.05. The summed E-state index contributed by atoms with van der Waals surface area (Å²) in [5.74, 6) is -1.40. The maximum atomic E-state index is 13.9. The van der Waals surface area contributed by atoms with E-state index in [1.165, 1.54) is 6.07 Å². The normalized spacial score (nSPS) is 12.5. The summed E-state index contributed by atoms with van der Waals surface area (Å²) in [5.41, 5.74) is 0.393. The van der Waals surface area contributed by atoms with E-state index in [0.29, 0.717) is 15.6 Å². The molecule has 0 saturated carbocycles. The summed E-state index contributed by atoms with van der Waals surface area (Å²) in [6.45, 7) is 0. The first-order chi connectivity index (χ1) is 9.90. The van der Waals surface area contributed by atoms with Crippen molar-refractivity contribution in [2.75, 3.05) is 0 Å². The standard InChI is InChI=1S/C15H11BrCl2F2O/c16-11-4-5-14(19)10(15(11)20)7-8(21)6-9-12(17)2-1-3-13(9)18/h1-5,8,21H,6-7H2. The van der Waals surface area contributed by atoms with E-state index < -0.39 is 17.7 Å². The van der Waals surface area contributed by atoms with Crippen LogP contribution < -0.4 is 0 Å². The molecule has 0 bridgehead atoms. The van der Waals surface area contributed by atoms with Crippen LogP contribution in [0.25, 0.3) is 0 Å². The molecule has 0 aromatic heterocycles. The third kappa shape index (κ3) is 3.95.